The number of amides is 2. The van der Waals surface area contributed by atoms with Crippen molar-refractivity contribution in [3.05, 3.63) is 47.0 Å². The summed E-state index contributed by atoms with van der Waals surface area (Å²) in [6, 6.07) is 6.98. The predicted octanol–water partition coefficient (Wildman–Crippen LogP) is 0.809. The van der Waals surface area contributed by atoms with Gasteiger partial charge in [-0.05, 0) is 44.7 Å². The van der Waals surface area contributed by atoms with Crippen molar-refractivity contribution >= 4 is 18.3 Å². The summed E-state index contributed by atoms with van der Waals surface area (Å²) in [6.07, 6.45) is 2.78. The van der Waals surface area contributed by atoms with Crippen LogP contribution in [0.3, 0.4) is 0 Å². The van der Waals surface area contributed by atoms with E-state index < -0.39 is 6.10 Å². The third-order valence-corrected chi connectivity index (χ3v) is 5.92. The van der Waals surface area contributed by atoms with E-state index in [-0.39, 0.29) is 30.2 Å². The van der Waals surface area contributed by atoms with Crippen LogP contribution in [-0.4, -0.2) is 55.4 Å². The molecule has 2 heterocycles. The number of hydrogen-bond acceptors (Lipinski definition) is 6. The summed E-state index contributed by atoms with van der Waals surface area (Å²) in [5.41, 5.74) is 1.66. The Hall–Kier alpha value is -3.27. The molecule has 1 fully saturated rings. The summed E-state index contributed by atoms with van der Waals surface area (Å²) in [7, 11) is 0. The number of hydrogen-bond donors (Lipinski definition) is 4. The third-order valence-electron chi connectivity index (χ3n) is 5.92. The zero-order valence-corrected chi connectivity index (χ0v) is 18.0. The van der Waals surface area contributed by atoms with Gasteiger partial charge in [0.2, 0.25) is 5.91 Å². The van der Waals surface area contributed by atoms with Gasteiger partial charge in [-0.1, -0.05) is 17.7 Å². The molecular weight excluding hydrogens is 414 g/mol. The molecular formula is C22H29N5O5. The molecule has 10 nitrogen and oxygen atoms in total. The molecule has 1 aromatic heterocycles. The minimum Gasteiger partial charge on any atom is -0.483 e. The standard InChI is InChI=1S/C21H27N5O3.CH2O2/c1-13-4-6-14(7-5-13)21(29)23-16-9-8-15(11-17(16)27)20(28)22-12-19-25-24-18-3-2-10-26(18)19;2-1-3/h4-7,15-17,27H,2-3,8-12H2,1H3,(H,22,28)(H,23,29);1H,(H,2,3)/t15-,16+,17+;/m0./s1. The highest BCUT2D eigenvalue weighted by Gasteiger charge is 2.34. The van der Waals surface area contributed by atoms with Gasteiger partial charge in [0, 0.05) is 24.4 Å². The van der Waals surface area contributed by atoms with E-state index in [0.717, 1.165) is 36.6 Å². The summed E-state index contributed by atoms with van der Waals surface area (Å²) >= 11 is 0. The van der Waals surface area contributed by atoms with E-state index in [1.54, 1.807) is 12.1 Å². The summed E-state index contributed by atoms with van der Waals surface area (Å²) in [5, 5.41) is 31.5. The van der Waals surface area contributed by atoms with Gasteiger partial charge in [0.05, 0.1) is 18.7 Å². The maximum atomic E-state index is 12.6. The Morgan fingerprint density at radius 1 is 1.22 bits per heavy atom. The van der Waals surface area contributed by atoms with Crippen LogP contribution >= 0.6 is 0 Å². The van der Waals surface area contributed by atoms with Crippen molar-refractivity contribution in [3.63, 3.8) is 0 Å². The molecule has 3 atom stereocenters. The first-order valence-corrected chi connectivity index (χ1v) is 10.7. The highest BCUT2D eigenvalue weighted by molar-refractivity contribution is 5.94. The molecule has 0 bridgehead atoms. The minimum absolute atomic E-state index is 0.0808. The highest BCUT2D eigenvalue weighted by atomic mass is 16.3. The lowest BCUT2D eigenvalue weighted by atomic mass is 9.83. The van der Waals surface area contributed by atoms with Crippen LogP contribution in [0.5, 0.6) is 0 Å². The number of nitrogens with one attached hydrogen (secondary N) is 2. The molecule has 1 aromatic carbocycles. The molecule has 10 heteroatoms. The number of benzene rings is 1. The van der Waals surface area contributed by atoms with Crippen molar-refractivity contribution in [2.24, 2.45) is 5.92 Å². The second-order valence-corrected chi connectivity index (χ2v) is 8.13. The number of carbonyl (C=O) groups excluding carboxylic acids is 2. The van der Waals surface area contributed by atoms with Gasteiger partial charge in [0.25, 0.3) is 12.4 Å². The molecule has 32 heavy (non-hydrogen) atoms. The van der Waals surface area contributed by atoms with Gasteiger partial charge < -0.3 is 25.4 Å². The maximum absolute atomic E-state index is 12.6. The molecule has 2 aliphatic rings. The quantitative estimate of drug-likeness (QED) is 0.500. The van der Waals surface area contributed by atoms with E-state index in [1.165, 1.54) is 0 Å². The van der Waals surface area contributed by atoms with Gasteiger partial charge in [0.1, 0.15) is 5.82 Å². The van der Waals surface area contributed by atoms with Crippen molar-refractivity contribution in [1.82, 2.24) is 25.4 Å². The van der Waals surface area contributed by atoms with Crippen LogP contribution in [0.1, 0.15) is 53.3 Å². The Morgan fingerprint density at radius 2 is 1.94 bits per heavy atom. The zero-order valence-electron chi connectivity index (χ0n) is 18.0. The number of aliphatic hydroxyl groups is 1. The molecule has 1 saturated carbocycles. The molecule has 0 spiro atoms. The number of carbonyl (C=O) groups is 3. The molecule has 0 saturated heterocycles. The number of rotatable bonds is 5. The highest BCUT2D eigenvalue weighted by Crippen LogP contribution is 2.25. The maximum Gasteiger partial charge on any atom is 0.290 e. The van der Waals surface area contributed by atoms with Crippen molar-refractivity contribution in [2.75, 3.05) is 0 Å². The van der Waals surface area contributed by atoms with Crippen LogP contribution < -0.4 is 10.6 Å². The number of aliphatic hydroxyl groups excluding tert-OH is 1. The Labute approximate surface area is 186 Å². The fraction of sp³-hybridized carbons (Fsp3) is 0.500. The summed E-state index contributed by atoms with van der Waals surface area (Å²) in [5.74, 6) is 1.22. The average Bonchev–Trinajstić information content (AvgIpc) is 3.39. The van der Waals surface area contributed by atoms with Gasteiger partial charge in [-0.25, -0.2) is 0 Å². The second-order valence-electron chi connectivity index (χ2n) is 8.13. The van der Waals surface area contributed by atoms with Crippen molar-refractivity contribution in [3.8, 4) is 0 Å². The number of fused-ring (bicyclic) bond motifs is 1. The lowest BCUT2D eigenvalue weighted by Crippen LogP contribution is -2.49. The van der Waals surface area contributed by atoms with Crippen LogP contribution in [0.4, 0.5) is 0 Å². The molecule has 172 valence electrons. The second kappa shape index (κ2) is 10.9. The molecule has 2 amide bonds. The average molecular weight is 444 g/mol. The first kappa shape index (κ1) is 23.4. The Kier molecular flexibility index (Phi) is 7.93. The van der Waals surface area contributed by atoms with E-state index >= 15 is 0 Å². The minimum atomic E-state index is -0.744. The largest absolute Gasteiger partial charge is 0.483 e. The topological polar surface area (TPSA) is 146 Å². The number of aromatic nitrogens is 3. The molecule has 0 unspecified atom stereocenters. The fourth-order valence-electron chi connectivity index (χ4n) is 4.16. The number of carboxylic acid groups (broad SMARTS) is 1. The van der Waals surface area contributed by atoms with Crippen LogP contribution in [0, 0.1) is 12.8 Å². The molecule has 1 aliphatic carbocycles. The fourth-order valence-corrected chi connectivity index (χ4v) is 4.16. The molecule has 0 radical (unpaired) electrons. The first-order chi connectivity index (χ1) is 15.4. The monoisotopic (exact) mass is 443 g/mol. The predicted molar refractivity (Wildman–Crippen MR) is 115 cm³/mol. The van der Waals surface area contributed by atoms with Gasteiger partial charge in [0.15, 0.2) is 5.82 Å². The molecule has 4 rings (SSSR count). The van der Waals surface area contributed by atoms with E-state index in [1.807, 2.05) is 19.1 Å². The Morgan fingerprint density at radius 3 is 2.62 bits per heavy atom. The lowest BCUT2D eigenvalue weighted by molar-refractivity contribution is -0.127. The van der Waals surface area contributed by atoms with Crippen molar-refractivity contribution in [1.29, 1.82) is 0 Å². The van der Waals surface area contributed by atoms with E-state index in [2.05, 4.69) is 25.4 Å². The zero-order chi connectivity index (χ0) is 23.1. The van der Waals surface area contributed by atoms with E-state index in [0.29, 0.717) is 31.4 Å². The van der Waals surface area contributed by atoms with E-state index in [4.69, 9.17) is 9.90 Å². The lowest BCUT2D eigenvalue weighted by Gasteiger charge is -2.33. The molecule has 4 N–H and O–H groups in total. The first-order valence-electron chi connectivity index (χ1n) is 10.7. The van der Waals surface area contributed by atoms with Gasteiger partial charge >= 0.3 is 0 Å². The van der Waals surface area contributed by atoms with Crippen molar-refractivity contribution < 1.29 is 24.6 Å². The summed E-state index contributed by atoms with van der Waals surface area (Å²) in [6.45, 7) is 2.97. The van der Waals surface area contributed by atoms with Gasteiger partial charge in [-0.3, -0.25) is 14.4 Å². The Bertz CT molecular complexity index is 943. The smallest absolute Gasteiger partial charge is 0.290 e. The summed E-state index contributed by atoms with van der Waals surface area (Å²) in [4.78, 5) is 33.3. The normalized spacial score (nSPS) is 21.6. The van der Waals surface area contributed by atoms with Crippen LogP contribution in [-0.2, 0) is 29.1 Å². The third kappa shape index (κ3) is 5.70. The van der Waals surface area contributed by atoms with Gasteiger partial charge in [-0.15, -0.1) is 10.2 Å². The van der Waals surface area contributed by atoms with Crippen molar-refractivity contribution in [2.45, 2.75) is 64.3 Å². The number of aryl methyl sites for hydroxylation is 2. The Balaban J connectivity index is 0.000000913. The molecule has 2 aromatic rings. The van der Waals surface area contributed by atoms with Crippen LogP contribution in [0.25, 0.3) is 0 Å². The van der Waals surface area contributed by atoms with Crippen LogP contribution in [0.2, 0.25) is 0 Å². The SMILES string of the molecule is Cc1ccc(C(=O)N[C@@H]2CC[C@H](C(=O)NCc3nnc4n3CCC4)C[C@H]2O)cc1.O=CO. The van der Waals surface area contributed by atoms with Crippen LogP contribution in [0.15, 0.2) is 24.3 Å². The summed E-state index contributed by atoms with van der Waals surface area (Å²) < 4.78 is 2.06. The molecule has 1 aliphatic heterocycles. The van der Waals surface area contributed by atoms with E-state index in [9.17, 15) is 14.7 Å². The number of nitrogens with zero attached hydrogens (tertiary/aromatic N) is 3. The van der Waals surface area contributed by atoms with Gasteiger partial charge in [-0.2, -0.15) is 0 Å².